The zero-order valence-electron chi connectivity index (χ0n) is 13.3. The van der Waals surface area contributed by atoms with Crippen LogP contribution in [0.25, 0.3) is 0 Å². The number of benzene rings is 2. The molecule has 0 fully saturated rings. The summed E-state index contributed by atoms with van der Waals surface area (Å²) in [6, 6.07) is 11.6. The smallest absolute Gasteiger partial charge is 0.224 e. The lowest BCUT2D eigenvalue weighted by Gasteiger charge is -2.11. The number of halogens is 1. The molecule has 1 N–H and O–H groups in total. The van der Waals surface area contributed by atoms with Gasteiger partial charge in [-0.3, -0.25) is 4.79 Å². The van der Waals surface area contributed by atoms with E-state index in [4.69, 9.17) is 9.47 Å². The zero-order chi connectivity index (χ0) is 16.7. The Kier molecular flexibility index (Phi) is 5.97. The van der Waals surface area contributed by atoms with Crippen molar-refractivity contribution in [2.45, 2.75) is 19.3 Å². The van der Waals surface area contributed by atoms with Crippen LogP contribution in [-0.2, 0) is 11.2 Å². The van der Waals surface area contributed by atoms with Gasteiger partial charge in [-0.1, -0.05) is 12.1 Å². The molecule has 0 aromatic heterocycles. The van der Waals surface area contributed by atoms with Crippen LogP contribution in [0.4, 0.5) is 10.1 Å². The van der Waals surface area contributed by atoms with Gasteiger partial charge < -0.3 is 14.8 Å². The summed E-state index contributed by atoms with van der Waals surface area (Å²) in [5.41, 5.74) is 1.59. The molecule has 0 saturated carbocycles. The van der Waals surface area contributed by atoms with Crippen molar-refractivity contribution in [1.82, 2.24) is 0 Å². The molecule has 0 aliphatic rings. The van der Waals surface area contributed by atoms with Gasteiger partial charge >= 0.3 is 0 Å². The van der Waals surface area contributed by atoms with E-state index in [1.54, 1.807) is 44.6 Å². The summed E-state index contributed by atoms with van der Waals surface area (Å²) in [7, 11) is 3.11. The second-order valence-electron chi connectivity index (χ2n) is 5.09. The molecule has 5 heteroatoms. The van der Waals surface area contributed by atoms with Crippen molar-refractivity contribution in [3.8, 4) is 11.5 Å². The molecular formula is C18H20FNO3. The van der Waals surface area contributed by atoms with Crippen LogP contribution >= 0.6 is 0 Å². The third-order valence-corrected chi connectivity index (χ3v) is 3.46. The number of carbonyl (C=O) groups is 1. The van der Waals surface area contributed by atoms with Crippen molar-refractivity contribution in [3.05, 3.63) is 53.8 Å². The molecule has 2 aromatic rings. The number of ether oxygens (including phenoxy) is 2. The summed E-state index contributed by atoms with van der Waals surface area (Å²) < 4.78 is 23.2. The van der Waals surface area contributed by atoms with Crippen LogP contribution < -0.4 is 14.8 Å². The van der Waals surface area contributed by atoms with Crippen LogP contribution in [-0.4, -0.2) is 20.1 Å². The lowest BCUT2D eigenvalue weighted by atomic mass is 10.1. The molecule has 0 aliphatic carbocycles. The predicted molar refractivity (Wildman–Crippen MR) is 87.5 cm³/mol. The molecule has 0 bridgehead atoms. The normalized spacial score (nSPS) is 10.2. The van der Waals surface area contributed by atoms with E-state index in [1.165, 1.54) is 12.1 Å². The van der Waals surface area contributed by atoms with Gasteiger partial charge in [-0.25, -0.2) is 4.39 Å². The number of nitrogens with one attached hydrogen (secondary N) is 1. The molecule has 0 heterocycles. The van der Waals surface area contributed by atoms with Crippen LogP contribution in [0.5, 0.6) is 11.5 Å². The molecule has 0 spiro atoms. The lowest BCUT2D eigenvalue weighted by molar-refractivity contribution is -0.116. The van der Waals surface area contributed by atoms with Crippen molar-refractivity contribution >= 4 is 11.6 Å². The van der Waals surface area contributed by atoms with Gasteiger partial charge in [-0.15, -0.1) is 0 Å². The van der Waals surface area contributed by atoms with Gasteiger partial charge in [0.05, 0.1) is 19.9 Å². The average Bonchev–Trinajstić information content (AvgIpc) is 2.56. The second-order valence-corrected chi connectivity index (χ2v) is 5.09. The van der Waals surface area contributed by atoms with Crippen molar-refractivity contribution in [3.63, 3.8) is 0 Å². The molecule has 1 amide bonds. The number of carbonyl (C=O) groups excluding carboxylic acids is 1. The maximum atomic E-state index is 12.8. The van der Waals surface area contributed by atoms with Gasteiger partial charge in [0.1, 0.15) is 17.3 Å². The Morgan fingerprint density at radius 1 is 1.09 bits per heavy atom. The Labute approximate surface area is 135 Å². The fourth-order valence-corrected chi connectivity index (χ4v) is 2.23. The number of methoxy groups -OCH3 is 2. The highest BCUT2D eigenvalue weighted by molar-refractivity contribution is 5.92. The molecular weight excluding hydrogens is 297 g/mol. The molecule has 2 aromatic carbocycles. The summed E-state index contributed by atoms with van der Waals surface area (Å²) in [5, 5.41) is 2.83. The minimum Gasteiger partial charge on any atom is -0.497 e. The summed E-state index contributed by atoms with van der Waals surface area (Å²) in [5.74, 6) is 0.875. The Hall–Kier alpha value is -2.56. The number of anilines is 1. The maximum absolute atomic E-state index is 12.8. The number of hydrogen-bond acceptors (Lipinski definition) is 3. The summed E-state index contributed by atoms with van der Waals surface area (Å²) in [6.45, 7) is 0. The summed E-state index contributed by atoms with van der Waals surface area (Å²) >= 11 is 0. The largest absolute Gasteiger partial charge is 0.497 e. The first-order valence-electron chi connectivity index (χ1n) is 7.38. The molecule has 0 unspecified atom stereocenters. The Morgan fingerprint density at radius 3 is 2.48 bits per heavy atom. The Morgan fingerprint density at radius 2 is 1.83 bits per heavy atom. The van der Waals surface area contributed by atoms with E-state index in [0.29, 0.717) is 30.0 Å². The van der Waals surface area contributed by atoms with Crippen LogP contribution in [0.1, 0.15) is 18.4 Å². The molecule has 0 radical (unpaired) electrons. The first-order valence-corrected chi connectivity index (χ1v) is 7.38. The average molecular weight is 317 g/mol. The second kappa shape index (κ2) is 8.17. The van der Waals surface area contributed by atoms with E-state index in [2.05, 4.69) is 5.32 Å². The molecule has 23 heavy (non-hydrogen) atoms. The topological polar surface area (TPSA) is 47.6 Å². The monoisotopic (exact) mass is 317 g/mol. The van der Waals surface area contributed by atoms with E-state index in [1.807, 2.05) is 0 Å². The highest BCUT2D eigenvalue weighted by atomic mass is 19.1. The Balaban J connectivity index is 1.88. The van der Waals surface area contributed by atoms with Gasteiger partial charge in [0, 0.05) is 12.5 Å². The Bertz CT molecular complexity index is 656. The van der Waals surface area contributed by atoms with Crippen LogP contribution in [0.15, 0.2) is 42.5 Å². The minimum absolute atomic E-state index is 0.0985. The first kappa shape index (κ1) is 16.8. The van der Waals surface area contributed by atoms with Crippen molar-refractivity contribution in [1.29, 1.82) is 0 Å². The predicted octanol–water partition coefficient (Wildman–Crippen LogP) is 3.80. The SMILES string of the molecule is COc1ccc(OC)c(NC(=O)CCCc2ccc(F)cc2)c1. The molecule has 0 aliphatic heterocycles. The van der Waals surface area contributed by atoms with E-state index in [9.17, 15) is 9.18 Å². The third-order valence-electron chi connectivity index (χ3n) is 3.46. The van der Waals surface area contributed by atoms with Crippen molar-refractivity contribution in [2.75, 3.05) is 19.5 Å². The van der Waals surface area contributed by atoms with Gasteiger partial charge in [0.25, 0.3) is 0 Å². The van der Waals surface area contributed by atoms with E-state index in [-0.39, 0.29) is 11.7 Å². The first-order chi connectivity index (χ1) is 11.1. The van der Waals surface area contributed by atoms with Crippen LogP contribution in [0.3, 0.4) is 0 Å². The van der Waals surface area contributed by atoms with Crippen LogP contribution in [0.2, 0.25) is 0 Å². The summed E-state index contributed by atoms with van der Waals surface area (Å²) in [4.78, 5) is 12.1. The zero-order valence-corrected chi connectivity index (χ0v) is 13.3. The number of hydrogen-bond donors (Lipinski definition) is 1. The van der Waals surface area contributed by atoms with Crippen molar-refractivity contribution < 1.29 is 18.7 Å². The van der Waals surface area contributed by atoms with Crippen molar-refractivity contribution in [2.24, 2.45) is 0 Å². The molecule has 0 atom stereocenters. The maximum Gasteiger partial charge on any atom is 0.224 e. The fourth-order valence-electron chi connectivity index (χ4n) is 2.23. The molecule has 2 rings (SSSR count). The van der Waals surface area contributed by atoms with E-state index < -0.39 is 0 Å². The fraction of sp³-hybridized carbons (Fsp3) is 0.278. The van der Waals surface area contributed by atoms with E-state index >= 15 is 0 Å². The highest BCUT2D eigenvalue weighted by Gasteiger charge is 2.09. The third kappa shape index (κ3) is 4.98. The number of aryl methyl sites for hydroxylation is 1. The quantitative estimate of drug-likeness (QED) is 0.845. The highest BCUT2D eigenvalue weighted by Crippen LogP contribution is 2.29. The van der Waals surface area contributed by atoms with Gasteiger partial charge in [-0.05, 0) is 42.7 Å². The number of amides is 1. The van der Waals surface area contributed by atoms with Crippen LogP contribution in [0, 0.1) is 5.82 Å². The van der Waals surface area contributed by atoms with Gasteiger partial charge in [-0.2, -0.15) is 0 Å². The lowest BCUT2D eigenvalue weighted by Crippen LogP contribution is -2.12. The standard InChI is InChI=1S/C18H20FNO3/c1-22-15-10-11-17(23-2)16(12-15)20-18(21)5-3-4-13-6-8-14(19)9-7-13/h6-12H,3-5H2,1-2H3,(H,20,21). The molecule has 122 valence electrons. The molecule has 4 nitrogen and oxygen atoms in total. The van der Waals surface area contributed by atoms with E-state index in [0.717, 1.165) is 12.0 Å². The molecule has 0 saturated heterocycles. The van der Waals surface area contributed by atoms with Gasteiger partial charge in [0.2, 0.25) is 5.91 Å². The minimum atomic E-state index is -0.253. The number of rotatable bonds is 7. The summed E-state index contributed by atoms with van der Waals surface area (Å²) in [6.07, 6.45) is 1.78. The van der Waals surface area contributed by atoms with Gasteiger partial charge in [0.15, 0.2) is 0 Å².